The monoisotopic (exact) mass is 477 g/mol. The minimum atomic E-state index is -5.06. The lowest BCUT2D eigenvalue weighted by molar-refractivity contribution is -0.205. The van der Waals surface area contributed by atoms with Gasteiger partial charge >= 0.3 is 18.5 Å². The largest absolute Gasteiger partial charge is 0.419 e. The van der Waals surface area contributed by atoms with Gasteiger partial charge in [-0.3, -0.25) is 0 Å². The smallest absolute Gasteiger partial charge is 0.384 e. The van der Waals surface area contributed by atoms with Crippen LogP contribution >= 0.6 is 0 Å². The highest BCUT2D eigenvalue weighted by Crippen LogP contribution is 2.35. The molecule has 0 aliphatic heterocycles. The molecule has 1 N–H and O–H groups in total. The highest BCUT2D eigenvalue weighted by atomic mass is 19.4. The van der Waals surface area contributed by atoms with Crippen molar-refractivity contribution in [2.45, 2.75) is 44.0 Å². The SMILES string of the molecule is OC(CCCN(Cc1cccc(C(F)(F)F)c1)c1ccc(F)c(C(F)(F)F)c1)C(F)(F)F. The van der Waals surface area contributed by atoms with Gasteiger partial charge in [-0.1, -0.05) is 12.1 Å². The summed E-state index contributed by atoms with van der Waals surface area (Å²) in [5.41, 5.74) is -2.87. The summed E-state index contributed by atoms with van der Waals surface area (Å²) in [6.07, 6.45) is -18.4. The number of rotatable bonds is 7. The van der Waals surface area contributed by atoms with Crippen molar-refractivity contribution in [3.05, 3.63) is 65.0 Å². The maximum atomic E-state index is 13.6. The molecule has 0 saturated heterocycles. The number of hydrogen-bond donors (Lipinski definition) is 1. The summed E-state index contributed by atoms with van der Waals surface area (Å²) in [6, 6.07) is 5.78. The van der Waals surface area contributed by atoms with Gasteiger partial charge in [-0.05, 0) is 48.7 Å². The van der Waals surface area contributed by atoms with Crippen LogP contribution in [-0.4, -0.2) is 23.9 Å². The zero-order valence-electron chi connectivity index (χ0n) is 16.1. The van der Waals surface area contributed by atoms with Crippen LogP contribution in [0.15, 0.2) is 42.5 Å². The van der Waals surface area contributed by atoms with Crippen LogP contribution in [0, 0.1) is 5.82 Å². The molecular formula is C20H17F10NO. The van der Waals surface area contributed by atoms with Crippen LogP contribution < -0.4 is 4.90 Å². The first-order valence-electron chi connectivity index (χ1n) is 9.11. The molecule has 1 atom stereocenters. The molecule has 0 aliphatic rings. The van der Waals surface area contributed by atoms with Crippen molar-refractivity contribution < 1.29 is 49.0 Å². The predicted octanol–water partition coefficient (Wildman–Crippen LogP) is 6.57. The van der Waals surface area contributed by atoms with Crippen molar-refractivity contribution in [2.24, 2.45) is 0 Å². The molecule has 2 aromatic rings. The van der Waals surface area contributed by atoms with Crippen LogP contribution in [0.4, 0.5) is 49.6 Å². The number of hydrogen-bond acceptors (Lipinski definition) is 2. The molecule has 0 bridgehead atoms. The summed E-state index contributed by atoms with van der Waals surface area (Å²) < 4.78 is 129. The topological polar surface area (TPSA) is 23.5 Å². The van der Waals surface area contributed by atoms with Crippen LogP contribution in [0.3, 0.4) is 0 Å². The molecule has 0 aromatic heterocycles. The number of aliphatic hydroxyl groups is 1. The maximum absolute atomic E-state index is 13.6. The van der Waals surface area contributed by atoms with Crippen molar-refractivity contribution in [1.29, 1.82) is 0 Å². The van der Waals surface area contributed by atoms with Gasteiger partial charge in [-0.15, -0.1) is 0 Å². The molecule has 0 fully saturated rings. The van der Waals surface area contributed by atoms with Gasteiger partial charge in [-0.2, -0.15) is 39.5 Å². The Labute approximate surface area is 176 Å². The van der Waals surface area contributed by atoms with Gasteiger partial charge in [-0.25, -0.2) is 4.39 Å². The van der Waals surface area contributed by atoms with Crippen molar-refractivity contribution in [2.75, 3.05) is 11.4 Å². The molecule has 0 spiro atoms. The van der Waals surface area contributed by atoms with Crippen LogP contribution in [0.5, 0.6) is 0 Å². The summed E-state index contributed by atoms with van der Waals surface area (Å²) in [7, 11) is 0. The average molecular weight is 477 g/mol. The van der Waals surface area contributed by atoms with Gasteiger partial charge in [0.25, 0.3) is 0 Å². The lowest BCUT2D eigenvalue weighted by atomic mass is 10.1. The molecule has 0 aliphatic carbocycles. The molecule has 2 nitrogen and oxygen atoms in total. The van der Waals surface area contributed by atoms with Crippen LogP contribution in [0.25, 0.3) is 0 Å². The Kier molecular flexibility index (Phi) is 7.69. The third kappa shape index (κ3) is 7.01. The summed E-state index contributed by atoms with van der Waals surface area (Å²) in [5.74, 6) is -1.58. The minimum Gasteiger partial charge on any atom is -0.384 e. The van der Waals surface area contributed by atoms with E-state index >= 15 is 0 Å². The van der Waals surface area contributed by atoms with Crippen molar-refractivity contribution in [3.63, 3.8) is 0 Å². The summed E-state index contributed by atoms with van der Waals surface area (Å²) in [4.78, 5) is 1.09. The Bertz CT molecular complexity index is 904. The van der Waals surface area contributed by atoms with Gasteiger partial charge in [0, 0.05) is 18.8 Å². The molecule has 2 rings (SSSR count). The lowest BCUT2D eigenvalue weighted by Gasteiger charge is -2.27. The van der Waals surface area contributed by atoms with E-state index in [1.807, 2.05) is 0 Å². The van der Waals surface area contributed by atoms with Gasteiger partial charge in [0.15, 0.2) is 0 Å². The lowest BCUT2D eigenvalue weighted by Crippen LogP contribution is -2.31. The van der Waals surface area contributed by atoms with E-state index in [0.29, 0.717) is 12.1 Å². The second-order valence-corrected chi connectivity index (χ2v) is 6.98. The quantitative estimate of drug-likeness (QED) is 0.456. The summed E-state index contributed by atoms with van der Waals surface area (Å²) in [5, 5.41) is 9.11. The Hall–Kier alpha value is -2.50. The Balaban J connectivity index is 2.34. The van der Waals surface area contributed by atoms with Gasteiger partial charge < -0.3 is 10.0 Å². The van der Waals surface area contributed by atoms with E-state index in [1.165, 1.54) is 6.07 Å². The third-order valence-corrected chi connectivity index (χ3v) is 4.53. The van der Waals surface area contributed by atoms with Gasteiger partial charge in [0.1, 0.15) is 11.9 Å². The number of aliphatic hydroxyl groups excluding tert-OH is 1. The summed E-state index contributed by atoms with van der Waals surface area (Å²) >= 11 is 0. The first-order chi connectivity index (χ1) is 14.6. The van der Waals surface area contributed by atoms with Crippen molar-refractivity contribution >= 4 is 5.69 Å². The first-order valence-corrected chi connectivity index (χ1v) is 9.11. The number of benzene rings is 2. The molecule has 0 radical (unpaired) electrons. The normalized spacial score (nSPS) is 13.8. The summed E-state index contributed by atoms with van der Waals surface area (Å²) in [6.45, 7) is -0.735. The zero-order chi connectivity index (χ0) is 24.3. The molecule has 12 heteroatoms. The van der Waals surface area contributed by atoms with Gasteiger partial charge in [0.2, 0.25) is 0 Å². The Morgan fingerprint density at radius 1 is 0.844 bits per heavy atom. The number of nitrogens with zero attached hydrogens (tertiary/aromatic N) is 1. The van der Waals surface area contributed by atoms with Crippen LogP contribution in [-0.2, 0) is 18.9 Å². The maximum Gasteiger partial charge on any atom is 0.419 e. The molecule has 0 saturated carbocycles. The highest BCUT2D eigenvalue weighted by Gasteiger charge is 2.38. The average Bonchev–Trinajstić information content (AvgIpc) is 2.65. The van der Waals surface area contributed by atoms with E-state index in [9.17, 15) is 43.9 Å². The van der Waals surface area contributed by atoms with E-state index in [4.69, 9.17) is 5.11 Å². The van der Waals surface area contributed by atoms with Crippen LogP contribution in [0.2, 0.25) is 0 Å². The van der Waals surface area contributed by atoms with Gasteiger partial charge in [0.05, 0.1) is 11.1 Å². The highest BCUT2D eigenvalue weighted by molar-refractivity contribution is 5.50. The number of anilines is 1. The molecule has 0 heterocycles. The second-order valence-electron chi connectivity index (χ2n) is 6.98. The molecule has 178 valence electrons. The fourth-order valence-electron chi connectivity index (χ4n) is 2.93. The number of alkyl halides is 9. The van der Waals surface area contributed by atoms with E-state index in [0.717, 1.165) is 29.2 Å². The fraction of sp³-hybridized carbons (Fsp3) is 0.400. The van der Waals surface area contributed by atoms with E-state index in [1.54, 1.807) is 0 Å². The fourth-order valence-corrected chi connectivity index (χ4v) is 2.93. The second kappa shape index (κ2) is 9.55. The minimum absolute atomic E-state index is 0.0223. The predicted molar refractivity (Wildman–Crippen MR) is 95.2 cm³/mol. The van der Waals surface area contributed by atoms with E-state index in [-0.39, 0.29) is 24.2 Å². The van der Waals surface area contributed by atoms with Crippen molar-refractivity contribution in [1.82, 2.24) is 0 Å². The molecule has 1 unspecified atom stereocenters. The molecule has 0 amide bonds. The Morgan fingerprint density at radius 2 is 1.50 bits per heavy atom. The van der Waals surface area contributed by atoms with E-state index in [2.05, 4.69) is 0 Å². The van der Waals surface area contributed by atoms with E-state index < -0.39 is 54.5 Å². The standard InChI is InChI=1S/C20H17F10NO/c21-16-7-6-14(10-15(16)19(25,26)27)31(8-2-5-17(32)20(28,29)30)11-12-3-1-4-13(9-12)18(22,23)24/h1,3-4,6-7,9-10,17,32H,2,5,8,11H2. The zero-order valence-corrected chi connectivity index (χ0v) is 16.1. The number of halogens is 10. The van der Waals surface area contributed by atoms with Crippen molar-refractivity contribution in [3.8, 4) is 0 Å². The molecule has 2 aromatic carbocycles. The first kappa shape index (κ1) is 25.8. The molecular weight excluding hydrogens is 460 g/mol. The molecule has 32 heavy (non-hydrogen) atoms. The third-order valence-electron chi connectivity index (χ3n) is 4.53. The van der Waals surface area contributed by atoms with Crippen LogP contribution in [0.1, 0.15) is 29.5 Å². The Morgan fingerprint density at radius 3 is 2.06 bits per heavy atom.